The fourth-order valence-corrected chi connectivity index (χ4v) is 3.64. The number of hydrogen-bond donors (Lipinski definition) is 1. The van der Waals surface area contributed by atoms with Gasteiger partial charge in [0.25, 0.3) is 5.91 Å². The standard InChI is InChI=1S/C17H22N2O4S/c1-3-10-18-24(21,22)16-7-5-6-14(13-16)17(20)19-11-8-15(9-12-19)23-4-2/h1,5-7,13,15,18H,4,8-12H2,2H3. The molecule has 1 heterocycles. The van der Waals surface area contributed by atoms with Crippen LogP contribution in [0.5, 0.6) is 0 Å². The lowest BCUT2D eigenvalue weighted by molar-refractivity contribution is 0.0146. The van der Waals surface area contributed by atoms with Gasteiger partial charge in [0.1, 0.15) is 0 Å². The van der Waals surface area contributed by atoms with E-state index < -0.39 is 10.0 Å². The van der Waals surface area contributed by atoms with Gasteiger partial charge in [-0.15, -0.1) is 6.42 Å². The predicted molar refractivity (Wildman–Crippen MR) is 91.0 cm³/mol. The fourth-order valence-electron chi connectivity index (χ4n) is 2.66. The number of likely N-dealkylation sites (tertiary alicyclic amines) is 1. The first-order valence-corrected chi connectivity index (χ1v) is 9.40. The van der Waals surface area contributed by atoms with Gasteiger partial charge in [-0.2, -0.15) is 4.72 Å². The number of terminal acetylenes is 1. The molecule has 0 saturated carbocycles. The normalized spacial score (nSPS) is 15.9. The van der Waals surface area contributed by atoms with Crippen molar-refractivity contribution in [1.29, 1.82) is 0 Å². The zero-order valence-corrected chi connectivity index (χ0v) is 14.5. The van der Waals surface area contributed by atoms with Gasteiger partial charge in [-0.25, -0.2) is 8.42 Å². The number of ether oxygens (including phenoxy) is 1. The van der Waals surface area contributed by atoms with Crippen molar-refractivity contribution in [2.75, 3.05) is 26.2 Å². The van der Waals surface area contributed by atoms with Crippen LogP contribution in [-0.4, -0.2) is 51.6 Å². The number of amides is 1. The maximum atomic E-state index is 12.6. The van der Waals surface area contributed by atoms with Gasteiger partial charge in [-0.3, -0.25) is 4.79 Å². The third kappa shape index (κ3) is 4.57. The average molecular weight is 350 g/mol. The number of hydrogen-bond acceptors (Lipinski definition) is 4. The summed E-state index contributed by atoms with van der Waals surface area (Å²) in [7, 11) is -3.71. The Labute approximate surface area is 143 Å². The van der Waals surface area contributed by atoms with E-state index in [2.05, 4.69) is 10.6 Å². The lowest BCUT2D eigenvalue weighted by atomic mass is 10.1. The highest BCUT2D eigenvalue weighted by atomic mass is 32.2. The van der Waals surface area contributed by atoms with Crippen molar-refractivity contribution in [3.8, 4) is 12.3 Å². The van der Waals surface area contributed by atoms with E-state index in [4.69, 9.17) is 11.2 Å². The van der Waals surface area contributed by atoms with Crippen molar-refractivity contribution in [3.63, 3.8) is 0 Å². The zero-order valence-electron chi connectivity index (χ0n) is 13.7. The predicted octanol–water partition coefficient (Wildman–Crippen LogP) is 1.24. The first-order chi connectivity index (χ1) is 11.5. The summed E-state index contributed by atoms with van der Waals surface area (Å²) >= 11 is 0. The molecule has 1 amide bonds. The molecule has 0 aliphatic carbocycles. The van der Waals surface area contributed by atoms with Crippen molar-refractivity contribution < 1.29 is 17.9 Å². The van der Waals surface area contributed by atoms with Gasteiger partial charge in [-0.1, -0.05) is 12.0 Å². The zero-order chi connectivity index (χ0) is 17.6. The summed E-state index contributed by atoms with van der Waals surface area (Å²) in [4.78, 5) is 14.4. The first kappa shape index (κ1) is 18.5. The summed E-state index contributed by atoms with van der Waals surface area (Å²) in [6, 6.07) is 6.01. The van der Waals surface area contributed by atoms with Gasteiger partial charge < -0.3 is 9.64 Å². The topological polar surface area (TPSA) is 75.7 Å². The SMILES string of the molecule is C#CCNS(=O)(=O)c1cccc(C(=O)N2CCC(OCC)CC2)c1. The highest BCUT2D eigenvalue weighted by Gasteiger charge is 2.24. The van der Waals surface area contributed by atoms with Crippen LogP contribution in [0.1, 0.15) is 30.1 Å². The van der Waals surface area contributed by atoms with Crippen molar-refractivity contribution in [2.24, 2.45) is 0 Å². The Bertz CT molecular complexity index is 716. The molecule has 130 valence electrons. The number of nitrogens with one attached hydrogen (secondary N) is 1. The average Bonchev–Trinajstić information content (AvgIpc) is 2.60. The molecular weight excluding hydrogens is 328 g/mol. The van der Waals surface area contributed by atoms with Crippen molar-refractivity contribution in [3.05, 3.63) is 29.8 Å². The lowest BCUT2D eigenvalue weighted by Gasteiger charge is -2.31. The van der Waals surface area contributed by atoms with Crippen LogP contribution in [0.25, 0.3) is 0 Å². The molecule has 1 aromatic carbocycles. The minimum Gasteiger partial charge on any atom is -0.378 e. The Hall–Kier alpha value is -1.88. The molecule has 0 spiro atoms. The second-order valence-electron chi connectivity index (χ2n) is 5.50. The van der Waals surface area contributed by atoms with Crippen LogP contribution < -0.4 is 4.72 Å². The summed E-state index contributed by atoms with van der Waals surface area (Å²) in [5, 5.41) is 0. The van der Waals surface area contributed by atoms with Gasteiger partial charge in [0.15, 0.2) is 0 Å². The Morgan fingerprint density at radius 1 is 1.42 bits per heavy atom. The van der Waals surface area contributed by atoms with Gasteiger partial charge >= 0.3 is 0 Å². The minimum atomic E-state index is -3.71. The number of benzene rings is 1. The molecule has 1 aliphatic heterocycles. The third-order valence-corrected chi connectivity index (χ3v) is 5.29. The minimum absolute atomic E-state index is 0.0350. The largest absolute Gasteiger partial charge is 0.378 e. The fraction of sp³-hybridized carbons (Fsp3) is 0.471. The molecule has 0 radical (unpaired) electrons. The Kier molecular flexibility index (Phi) is 6.37. The van der Waals surface area contributed by atoms with Gasteiger partial charge in [0.2, 0.25) is 10.0 Å². The third-order valence-electron chi connectivity index (χ3n) is 3.89. The van der Waals surface area contributed by atoms with Gasteiger partial charge in [0.05, 0.1) is 17.5 Å². The summed E-state index contributed by atoms with van der Waals surface area (Å²) in [6.45, 7) is 3.75. The van der Waals surface area contributed by atoms with Crippen LogP contribution in [0.4, 0.5) is 0 Å². The van der Waals surface area contributed by atoms with Crippen LogP contribution in [0.3, 0.4) is 0 Å². The number of sulfonamides is 1. The van der Waals surface area contributed by atoms with E-state index in [9.17, 15) is 13.2 Å². The first-order valence-electron chi connectivity index (χ1n) is 7.92. The van der Waals surface area contributed by atoms with Gasteiger partial charge in [-0.05, 0) is 38.0 Å². The van der Waals surface area contributed by atoms with E-state index in [1.807, 2.05) is 6.92 Å². The van der Waals surface area contributed by atoms with E-state index in [0.29, 0.717) is 25.3 Å². The quantitative estimate of drug-likeness (QED) is 0.783. The molecule has 1 N–H and O–H groups in total. The van der Waals surface area contributed by atoms with Crippen LogP contribution in [0.2, 0.25) is 0 Å². The molecule has 2 rings (SSSR count). The number of carbonyl (C=O) groups is 1. The molecule has 0 unspecified atom stereocenters. The molecular formula is C17H22N2O4S. The van der Waals surface area contributed by atoms with Crippen LogP contribution in [0, 0.1) is 12.3 Å². The molecule has 0 aromatic heterocycles. The molecule has 6 nitrogen and oxygen atoms in total. The van der Waals surface area contributed by atoms with Crippen LogP contribution >= 0.6 is 0 Å². The number of nitrogens with zero attached hydrogens (tertiary/aromatic N) is 1. The van der Waals surface area contributed by atoms with E-state index in [1.165, 1.54) is 12.1 Å². The summed E-state index contributed by atoms with van der Waals surface area (Å²) in [5.74, 6) is 2.05. The molecule has 1 saturated heterocycles. The van der Waals surface area contributed by atoms with Crippen molar-refractivity contribution >= 4 is 15.9 Å². The second-order valence-corrected chi connectivity index (χ2v) is 7.27. The van der Waals surface area contributed by atoms with E-state index in [-0.39, 0.29) is 23.5 Å². The van der Waals surface area contributed by atoms with Crippen LogP contribution in [-0.2, 0) is 14.8 Å². The maximum Gasteiger partial charge on any atom is 0.253 e. The molecule has 0 bridgehead atoms. The smallest absolute Gasteiger partial charge is 0.253 e. The Balaban J connectivity index is 2.09. The number of carbonyl (C=O) groups excluding carboxylic acids is 1. The molecule has 7 heteroatoms. The maximum absolute atomic E-state index is 12.6. The lowest BCUT2D eigenvalue weighted by Crippen LogP contribution is -2.41. The molecule has 0 atom stereocenters. The molecule has 24 heavy (non-hydrogen) atoms. The molecule has 1 aromatic rings. The number of rotatable bonds is 6. The Morgan fingerprint density at radius 3 is 2.75 bits per heavy atom. The van der Waals surface area contributed by atoms with Gasteiger partial charge in [0, 0.05) is 25.3 Å². The highest BCUT2D eigenvalue weighted by molar-refractivity contribution is 7.89. The van der Waals surface area contributed by atoms with Crippen molar-refractivity contribution in [2.45, 2.75) is 30.8 Å². The van der Waals surface area contributed by atoms with E-state index in [0.717, 1.165) is 12.8 Å². The number of piperidine rings is 1. The van der Waals surface area contributed by atoms with E-state index >= 15 is 0 Å². The summed E-state index contributed by atoms with van der Waals surface area (Å²) in [5.41, 5.74) is 0.355. The van der Waals surface area contributed by atoms with Crippen molar-refractivity contribution in [1.82, 2.24) is 9.62 Å². The van der Waals surface area contributed by atoms with Crippen LogP contribution in [0.15, 0.2) is 29.2 Å². The molecule has 1 aliphatic rings. The summed E-state index contributed by atoms with van der Waals surface area (Å²) in [6.07, 6.45) is 6.85. The summed E-state index contributed by atoms with van der Waals surface area (Å²) < 4.78 is 32.1. The molecule has 1 fully saturated rings. The van der Waals surface area contributed by atoms with E-state index in [1.54, 1.807) is 17.0 Å². The highest BCUT2D eigenvalue weighted by Crippen LogP contribution is 2.18. The Morgan fingerprint density at radius 2 is 2.12 bits per heavy atom. The second kappa shape index (κ2) is 8.29. The monoisotopic (exact) mass is 350 g/mol.